The van der Waals surface area contributed by atoms with E-state index >= 15 is 0 Å². The van der Waals surface area contributed by atoms with Crippen molar-refractivity contribution in [1.29, 1.82) is 0 Å². The normalized spacial score (nSPS) is 12.1. The maximum Gasteiger partial charge on any atom is 0.316 e. The van der Waals surface area contributed by atoms with Crippen LogP contribution in [0.5, 0.6) is 5.75 Å². The molecule has 0 aliphatic rings. The minimum atomic E-state index is -0.678. The Morgan fingerprint density at radius 2 is 1.91 bits per heavy atom. The topological polar surface area (TPSA) is 140 Å². The maximum absolute atomic E-state index is 11.0. The van der Waals surface area contributed by atoms with E-state index in [-0.39, 0.29) is 12.4 Å². The summed E-state index contributed by atoms with van der Waals surface area (Å²) in [5, 5.41) is 34.9. The molecule has 0 aromatic heterocycles. The quantitative estimate of drug-likeness (QED) is 0.188. The number of amides is 2. The Morgan fingerprint density at radius 1 is 1.11 bits per heavy atom. The van der Waals surface area contributed by atoms with Gasteiger partial charge in [-0.05, 0) is 61.8 Å². The molecular formula is C26H40N4O5. The fraction of sp³-hybridized carbons (Fsp3) is 0.500. The van der Waals surface area contributed by atoms with E-state index in [1.54, 1.807) is 12.1 Å². The number of nitrogens with one attached hydrogen (secondary N) is 2. The number of likely N-dealkylation sites (N-methyl/N-ethyl adjacent to an activating group) is 1. The lowest BCUT2D eigenvalue weighted by atomic mass is 10.1. The van der Waals surface area contributed by atoms with Crippen LogP contribution in [0.15, 0.2) is 42.5 Å². The van der Waals surface area contributed by atoms with Crippen molar-refractivity contribution in [2.24, 2.45) is 5.73 Å². The highest BCUT2D eigenvalue weighted by atomic mass is 16.5. The van der Waals surface area contributed by atoms with Crippen molar-refractivity contribution in [3.8, 4) is 5.75 Å². The van der Waals surface area contributed by atoms with Crippen LogP contribution in [0.25, 0.3) is 0 Å². The second-order valence-corrected chi connectivity index (χ2v) is 8.72. The predicted octanol–water partition coefficient (Wildman–Crippen LogP) is 2.71. The number of primary amides is 1. The zero-order valence-corrected chi connectivity index (χ0v) is 20.6. The Kier molecular flexibility index (Phi) is 13.1. The summed E-state index contributed by atoms with van der Waals surface area (Å²) in [5.41, 5.74) is 8.05. The van der Waals surface area contributed by atoms with Crippen molar-refractivity contribution in [1.82, 2.24) is 10.2 Å². The Morgan fingerprint density at radius 3 is 2.69 bits per heavy atom. The lowest BCUT2D eigenvalue weighted by molar-refractivity contribution is 0.106. The highest BCUT2D eigenvalue weighted by molar-refractivity contribution is 5.87. The molecule has 0 aliphatic heterocycles. The number of nitrogens with zero attached hydrogens (tertiary/aromatic N) is 1. The van der Waals surface area contributed by atoms with Gasteiger partial charge in [-0.3, -0.25) is 4.90 Å². The van der Waals surface area contributed by atoms with Gasteiger partial charge in [0.1, 0.15) is 5.75 Å². The molecule has 194 valence electrons. The number of urea groups is 1. The van der Waals surface area contributed by atoms with Gasteiger partial charge < -0.3 is 36.4 Å². The minimum absolute atomic E-state index is 0.0363. The molecule has 2 amide bonds. The molecule has 9 heteroatoms. The third kappa shape index (κ3) is 11.5. The third-order valence-corrected chi connectivity index (χ3v) is 5.65. The molecule has 0 saturated heterocycles. The first kappa shape index (κ1) is 28.5. The zero-order chi connectivity index (χ0) is 25.5. The number of benzene rings is 2. The molecule has 0 spiro atoms. The molecule has 0 aliphatic carbocycles. The van der Waals surface area contributed by atoms with Crippen LogP contribution in [0.2, 0.25) is 0 Å². The van der Waals surface area contributed by atoms with Gasteiger partial charge in [0.15, 0.2) is 0 Å². The number of nitrogens with two attached hydrogens (primary N) is 1. The molecule has 0 heterocycles. The molecule has 0 saturated carbocycles. The van der Waals surface area contributed by atoms with E-state index in [4.69, 9.17) is 10.5 Å². The number of carbonyl (C=O) groups excluding carboxylic acids is 1. The van der Waals surface area contributed by atoms with Crippen LogP contribution in [-0.2, 0) is 17.9 Å². The SMILES string of the molecule is CN(CCOCCCCCCNCC(O)c1ccc(O)c(CO)c1)Cc1cccc(NC(N)=O)c1. The van der Waals surface area contributed by atoms with Crippen molar-refractivity contribution in [3.05, 3.63) is 59.2 Å². The lowest BCUT2D eigenvalue weighted by Gasteiger charge is -2.17. The molecule has 0 bridgehead atoms. The lowest BCUT2D eigenvalue weighted by Crippen LogP contribution is -2.23. The maximum atomic E-state index is 11.0. The molecule has 1 atom stereocenters. The summed E-state index contributed by atoms with van der Waals surface area (Å²) in [7, 11) is 2.04. The van der Waals surface area contributed by atoms with Gasteiger partial charge in [0.25, 0.3) is 0 Å². The smallest absolute Gasteiger partial charge is 0.316 e. The Labute approximate surface area is 207 Å². The predicted molar refractivity (Wildman–Crippen MR) is 137 cm³/mol. The molecule has 0 radical (unpaired) electrons. The van der Waals surface area contributed by atoms with Gasteiger partial charge in [-0.1, -0.05) is 31.0 Å². The second-order valence-electron chi connectivity index (χ2n) is 8.72. The number of hydrogen-bond donors (Lipinski definition) is 6. The van der Waals surface area contributed by atoms with Gasteiger partial charge in [-0.2, -0.15) is 0 Å². The number of hydrogen-bond acceptors (Lipinski definition) is 7. The largest absolute Gasteiger partial charge is 0.508 e. The monoisotopic (exact) mass is 488 g/mol. The minimum Gasteiger partial charge on any atom is -0.508 e. The van der Waals surface area contributed by atoms with Gasteiger partial charge in [-0.25, -0.2) is 4.79 Å². The van der Waals surface area contributed by atoms with E-state index in [9.17, 15) is 20.1 Å². The van der Waals surface area contributed by atoms with Gasteiger partial charge in [-0.15, -0.1) is 0 Å². The zero-order valence-electron chi connectivity index (χ0n) is 20.6. The van der Waals surface area contributed by atoms with Crippen LogP contribution in [0.4, 0.5) is 10.5 Å². The molecule has 9 nitrogen and oxygen atoms in total. The van der Waals surface area contributed by atoms with Crippen LogP contribution < -0.4 is 16.4 Å². The van der Waals surface area contributed by atoms with Crippen LogP contribution >= 0.6 is 0 Å². The standard InChI is InChI=1S/C26H40N4O5/c1-30(18-20-7-6-8-23(15-20)29-26(27)34)12-14-35-13-5-3-2-4-11-28-17-25(33)21-9-10-24(32)22(16-21)19-31/h6-10,15-16,25,28,31-33H,2-5,11-14,17-19H2,1H3,(H3,27,29,34). The van der Waals surface area contributed by atoms with Gasteiger partial charge in [0, 0.05) is 37.5 Å². The molecule has 2 rings (SSSR count). The molecule has 35 heavy (non-hydrogen) atoms. The van der Waals surface area contributed by atoms with E-state index in [0.717, 1.165) is 57.5 Å². The number of phenols is 1. The van der Waals surface area contributed by atoms with Crippen LogP contribution in [-0.4, -0.2) is 66.1 Å². The second kappa shape index (κ2) is 16.1. The van der Waals surface area contributed by atoms with Crippen LogP contribution in [0.1, 0.15) is 48.5 Å². The molecule has 2 aromatic rings. The summed E-state index contributed by atoms with van der Waals surface area (Å²) in [6, 6.07) is 11.9. The fourth-order valence-electron chi connectivity index (χ4n) is 3.71. The van der Waals surface area contributed by atoms with Gasteiger partial charge >= 0.3 is 6.03 Å². The summed E-state index contributed by atoms with van der Waals surface area (Å²) >= 11 is 0. The van der Waals surface area contributed by atoms with Crippen molar-refractivity contribution in [3.63, 3.8) is 0 Å². The van der Waals surface area contributed by atoms with Crippen molar-refractivity contribution >= 4 is 11.7 Å². The average Bonchev–Trinajstić information content (AvgIpc) is 2.82. The summed E-state index contributed by atoms with van der Waals surface area (Å²) in [5.74, 6) is 0.0363. The Balaban J connectivity index is 1.46. The molecule has 1 unspecified atom stereocenters. The number of ether oxygens (including phenoxy) is 1. The van der Waals surface area contributed by atoms with E-state index in [1.165, 1.54) is 6.07 Å². The van der Waals surface area contributed by atoms with E-state index < -0.39 is 12.1 Å². The molecule has 2 aromatic carbocycles. The number of aliphatic hydroxyl groups excluding tert-OH is 2. The first-order valence-electron chi connectivity index (χ1n) is 12.1. The van der Waals surface area contributed by atoms with Crippen molar-refractivity contribution < 1.29 is 24.9 Å². The van der Waals surface area contributed by atoms with E-state index in [2.05, 4.69) is 15.5 Å². The Bertz CT molecular complexity index is 896. The number of aromatic hydroxyl groups is 1. The van der Waals surface area contributed by atoms with Crippen molar-refractivity contribution in [2.75, 3.05) is 45.2 Å². The third-order valence-electron chi connectivity index (χ3n) is 5.65. The van der Waals surface area contributed by atoms with E-state index in [0.29, 0.717) is 30.0 Å². The van der Waals surface area contributed by atoms with Crippen LogP contribution in [0, 0.1) is 0 Å². The number of rotatable bonds is 17. The number of anilines is 1. The first-order chi connectivity index (χ1) is 16.9. The summed E-state index contributed by atoms with van der Waals surface area (Å²) in [4.78, 5) is 13.1. The number of aliphatic hydroxyl groups is 2. The van der Waals surface area contributed by atoms with Gasteiger partial charge in [0.05, 0.1) is 19.3 Å². The van der Waals surface area contributed by atoms with Crippen molar-refractivity contribution in [2.45, 2.75) is 44.9 Å². The van der Waals surface area contributed by atoms with E-state index in [1.807, 2.05) is 31.3 Å². The summed E-state index contributed by atoms with van der Waals surface area (Å²) in [6.07, 6.45) is 3.55. The van der Waals surface area contributed by atoms with Crippen LogP contribution in [0.3, 0.4) is 0 Å². The number of unbranched alkanes of at least 4 members (excludes halogenated alkanes) is 3. The average molecular weight is 489 g/mol. The Hall–Kier alpha value is -2.69. The van der Waals surface area contributed by atoms with Gasteiger partial charge in [0.2, 0.25) is 0 Å². The summed E-state index contributed by atoms with van der Waals surface area (Å²) in [6.45, 7) is 3.99. The molecular weight excluding hydrogens is 448 g/mol. The molecule has 7 N–H and O–H groups in total. The summed E-state index contributed by atoms with van der Waals surface area (Å²) < 4.78 is 5.75. The number of carbonyl (C=O) groups is 1. The highest BCUT2D eigenvalue weighted by Gasteiger charge is 2.10. The molecule has 0 fully saturated rings. The fourth-order valence-corrected chi connectivity index (χ4v) is 3.71. The first-order valence-corrected chi connectivity index (χ1v) is 12.1. The highest BCUT2D eigenvalue weighted by Crippen LogP contribution is 2.22.